The molecule has 2 aliphatic heterocycles. The highest BCUT2D eigenvalue weighted by Gasteiger charge is 2.42. The van der Waals surface area contributed by atoms with E-state index in [0.29, 0.717) is 54.9 Å². The molecule has 0 radical (unpaired) electrons. The van der Waals surface area contributed by atoms with E-state index >= 15 is 4.79 Å². The maximum absolute atomic E-state index is 15.0. The fraction of sp³-hybridized carbons (Fsp3) is 0.531. The van der Waals surface area contributed by atoms with Crippen molar-refractivity contribution in [2.45, 2.75) is 172 Å². The molecular weight excluding hydrogens is 1360 g/mol. The maximum atomic E-state index is 15.0. The Balaban J connectivity index is 1.31. The lowest BCUT2D eigenvalue weighted by Crippen LogP contribution is -2.62. The van der Waals surface area contributed by atoms with Gasteiger partial charge in [-0.25, -0.2) is 4.57 Å². The van der Waals surface area contributed by atoms with Crippen LogP contribution in [-0.2, 0) is 84.3 Å². The molecule has 2 aliphatic rings. The van der Waals surface area contributed by atoms with Gasteiger partial charge in [-0.05, 0) is 113 Å². The number of phenolic OH excluding ortho intramolecular Hbond substituents is 1. The number of primary amides is 2. The van der Waals surface area contributed by atoms with Gasteiger partial charge in [0, 0.05) is 70.8 Å². The van der Waals surface area contributed by atoms with E-state index in [1.165, 1.54) is 66.7 Å². The minimum absolute atomic E-state index is 0.0120. The fourth-order valence-corrected chi connectivity index (χ4v) is 13.7. The number of carbonyl (C=O) groups is 13. The number of aliphatic imine (C=N–C) groups is 1. The minimum Gasteiger partial charge on any atom is -0.508 e. The van der Waals surface area contributed by atoms with Crippen LogP contribution in [0.4, 0.5) is 0 Å². The smallest absolute Gasteiger partial charge is 0.469 e. The predicted octanol–water partition coefficient (Wildman–Crippen LogP) is -1.43. The van der Waals surface area contributed by atoms with Gasteiger partial charge in [-0.1, -0.05) is 76.2 Å². The van der Waals surface area contributed by atoms with E-state index in [0.717, 1.165) is 27.5 Å². The summed E-state index contributed by atoms with van der Waals surface area (Å²) in [5, 5.41) is 35.2. The Morgan fingerprint density at radius 3 is 1.96 bits per heavy atom. The van der Waals surface area contributed by atoms with Crippen molar-refractivity contribution in [3.63, 3.8) is 0 Å². The van der Waals surface area contributed by atoms with Gasteiger partial charge in [0.2, 0.25) is 76.8 Å². The summed E-state index contributed by atoms with van der Waals surface area (Å²) in [6.07, 6.45) is -1.20. The third-order valence-electron chi connectivity index (χ3n) is 16.1. The van der Waals surface area contributed by atoms with Gasteiger partial charge in [-0.3, -0.25) is 71.8 Å². The van der Waals surface area contributed by atoms with E-state index in [9.17, 15) is 77.0 Å². The molecule has 10 atom stereocenters. The van der Waals surface area contributed by atoms with Gasteiger partial charge in [0.05, 0.1) is 18.5 Å². The number of hydrogen-bond donors (Lipinski definition) is 15. The lowest BCUT2D eigenvalue weighted by Gasteiger charge is -2.38. The van der Waals surface area contributed by atoms with Crippen LogP contribution >= 0.6 is 29.4 Å². The first-order chi connectivity index (χ1) is 47.3. The van der Waals surface area contributed by atoms with Gasteiger partial charge in [0.25, 0.3) is 0 Å². The lowest BCUT2D eigenvalue weighted by atomic mass is 9.97. The van der Waals surface area contributed by atoms with Gasteiger partial charge in [0.15, 0.2) is 0 Å². The number of nitrogens with one attached hydrogen (secondary N) is 9. The fourth-order valence-electron chi connectivity index (χ4n) is 11.0. The number of amides is 13. The van der Waals surface area contributed by atoms with Crippen LogP contribution in [0.5, 0.6) is 5.75 Å². The molecule has 33 nitrogen and oxygen atoms in total. The van der Waals surface area contributed by atoms with Crippen LogP contribution in [0.25, 0.3) is 10.8 Å². The summed E-state index contributed by atoms with van der Waals surface area (Å²) in [6, 6.07) is 5.57. The van der Waals surface area contributed by atoms with Crippen LogP contribution in [-0.4, -0.2) is 213 Å². The summed E-state index contributed by atoms with van der Waals surface area (Å²) in [4.78, 5) is 203. The van der Waals surface area contributed by atoms with Gasteiger partial charge < -0.3 is 89.7 Å². The third kappa shape index (κ3) is 28.0. The largest absolute Gasteiger partial charge is 0.508 e. The van der Waals surface area contributed by atoms with Gasteiger partial charge in [-0.15, -0.1) is 0 Å². The first-order valence-electron chi connectivity index (χ1n) is 32.6. The first-order valence-corrected chi connectivity index (χ1v) is 36.6. The molecule has 5 rings (SSSR count). The van der Waals surface area contributed by atoms with E-state index in [-0.39, 0.29) is 75.4 Å². The van der Waals surface area contributed by atoms with Crippen LogP contribution in [0.1, 0.15) is 109 Å². The molecule has 18 N–H and O–H groups in total. The Bertz CT molecular complexity index is 3490. The number of piperidine rings is 1. The average molecular weight is 1450 g/mol. The number of fused-ring (bicyclic) bond motifs is 2. The molecule has 3 aromatic carbocycles. The lowest BCUT2D eigenvalue weighted by molar-refractivity contribution is -0.148. The number of unbranched alkanes of at least 4 members (excludes halogenated alkanes) is 1. The van der Waals surface area contributed by atoms with Crippen molar-refractivity contribution in [2.75, 3.05) is 44.7 Å². The third-order valence-corrected chi connectivity index (χ3v) is 19.2. The molecular formula is C64H92N15O18PS2. The predicted molar refractivity (Wildman–Crippen MR) is 371 cm³/mol. The number of phenols is 1. The van der Waals surface area contributed by atoms with Crippen molar-refractivity contribution in [1.29, 1.82) is 0 Å². The van der Waals surface area contributed by atoms with Crippen molar-refractivity contribution >= 4 is 123 Å². The number of carbonyl (C=O) groups excluding carboxylic acids is 13. The SMILES string of the molecule is CC(=O)NC(CSSCCC(=O)NCCCCC(NC(=O)CC[C@@H]1NC(=O)C(Cc2ccc(O)cc2)NC(=O)C(Cc2ccc3ccccc3c2)NC(=O)[C@@H]2CCCCN2C(=O)C([C@H](C)OP(=O)(O)O)NC(=O)CN(C)C(=O)C(C)NC1=O)C(N)=O)C(=O)N[C@@H](CCCN=C(C)N)C(N)=O. The Morgan fingerprint density at radius 2 is 1.31 bits per heavy atom. The van der Waals surface area contributed by atoms with Crippen molar-refractivity contribution in [3.05, 3.63) is 77.9 Å². The normalized spacial score (nSPS) is 20.7. The Hall–Kier alpha value is -8.89. The standard InChI is InChI=1S/C64H92N15O18PS2/c1-36-63(92)78(5)34-54(84)77-55(37(2)97-98(94,95)96)64(93)79-29-11-9-17-51(79)62(91)76-49(33-41-18-21-42-13-6-7-14-43(42)31-41)60(89)75-48(32-40-19-22-44(81)23-20-40)59(88)74-47(58(87)70-36)24-25-53(83)72-45(56(66)85)15-8-10-27-69-52(82)26-30-99-100-35-50(71-39(4)80)61(90)73-46(57(67)86)16-12-28-68-38(3)65/h6-7,13-14,18-23,31,36-37,45-51,55,81H,8-12,15-17,24-30,32-35H2,1-5H3,(H2,65,68)(H2,66,85)(H2,67,86)(H,69,82)(H,70,87)(H,71,80)(H,72,83)(H,73,90)(H,74,88)(H,75,89)(H,76,91)(H,77,84)(H2,94,95,96)/t36?,37-,45?,46-,47-,48?,49?,50?,51-,55?/m0/s1. The highest BCUT2D eigenvalue weighted by atomic mass is 33.1. The number of amidine groups is 1. The van der Waals surface area contributed by atoms with E-state index < -0.39 is 159 Å². The van der Waals surface area contributed by atoms with Crippen LogP contribution < -0.4 is 65.1 Å². The molecule has 6 unspecified atom stereocenters. The second kappa shape index (κ2) is 40.4. The average Bonchev–Trinajstić information content (AvgIpc) is 0.848. The van der Waals surface area contributed by atoms with Crippen molar-refractivity contribution in [3.8, 4) is 5.75 Å². The van der Waals surface area contributed by atoms with Crippen LogP contribution in [0.3, 0.4) is 0 Å². The molecule has 2 heterocycles. The van der Waals surface area contributed by atoms with Crippen molar-refractivity contribution in [1.82, 2.24) is 57.7 Å². The highest BCUT2D eigenvalue weighted by Crippen LogP contribution is 2.38. The molecule has 0 bridgehead atoms. The van der Waals surface area contributed by atoms with Crippen molar-refractivity contribution in [2.24, 2.45) is 22.2 Å². The van der Waals surface area contributed by atoms with E-state index in [4.69, 9.17) is 21.7 Å². The van der Waals surface area contributed by atoms with Crippen molar-refractivity contribution < 1.29 is 86.3 Å². The minimum atomic E-state index is -5.34. The molecule has 0 aliphatic carbocycles. The zero-order valence-corrected chi connectivity index (χ0v) is 58.9. The number of rotatable bonds is 31. The number of hydrogen-bond acceptors (Lipinski definition) is 19. The number of nitrogens with two attached hydrogens (primary N) is 3. The molecule has 2 saturated heterocycles. The molecule has 13 amide bonds. The van der Waals surface area contributed by atoms with Crippen LogP contribution in [0, 0.1) is 0 Å². The number of phosphoric ester groups is 1. The first kappa shape index (κ1) is 81.8. The summed E-state index contributed by atoms with van der Waals surface area (Å²) in [6.45, 7) is 4.81. The second-order valence-electron chi connectivity index (χ2n) is 24.4. The zero-order valence-electron chi connectivity index (χ0n) is 56.4. The molecule has 2 fully saturated rings. The number of likely N-dealkylation sites (N-methyl/N-ethyl adjacent to an activating group) is 1. The maximum Gasteiger partial charge on any atom is 0.469 e. The van der Waals surface area contributed by atoms with Crippen LogP contribution in [0.2, 0.25) is 0 Å². The molecule has 0 spiro atoms. The highest BCUT2D eigenvalue weighted by molar-refractivity contribution is 8.76. The van der Waals surface area contributed by atoms with Gasteiger partial charge >= 0.3 is 7.82 Å². The van der Waals surface area contributed by atoms with E-state index in [2.05, 4.69) is 52.8 Å². The summed E-state index contributed by atoms with van der Waals surface area (Å²) in [5.74, 6) is -9.99. The topological polar surface area (TPSA) is 514 Å². The molecule has 548 valence electrons. The molecule has 100 heavy (non-hydrogen) atoms. The van der Waals surface area contributed by atoms with E-state index in [1.54, 1.807) is 25.1 Å². The van der Waals surface area contributed by atoms with Crippen LogP contribution in [0.15, 0.2) is 71.7 Å². The van der Waals surface area contributed by atoms with E-state index in [1.807, 2.05) is 24.3 Å². The number of nitrogens with zero attached hydrogens (tertiary/aromatic N) is 3. The monoisotopic (exact) mass is 1450 g/mol. The second-order valence-corrected chi connectivity index (χ2v) is 28.2. The number of benzene rings is 3. The molecule has 0 aromatic heterocycles. The summed E-state index contributed by atoms with van der Waals surface area (Å²) in [7, 11) is -1.67. The summed E-state index contributed by atoms with van der Waals surface area (Å²) >= 11 is 0. The summed E-state index contributed by atoms with van der Waals surface area (Å²) in [5.41, 5.74) is 17.7. The number of phosphoric acid groups is 1. The van der Waals surface area contributed by atoms with Gasteiger partial charge in [0.1, 0.15) is 60.1 Å². The zero-order chi connectivity index (χ0) is 73.8. The Labute approximate surface area is 586 Å². The molecule has 3 aromatic rings. The Kier molecular flexibility index (Phi) is 33.0. The van der Waals surface area contributed by atoms with Gasteiger partial charge in [-0.2, -0.15) is 0 Å². The number of aromatic hydroxyl groups is 1. The molecule has 36 heteroatoms. The Morgan fingerprint density at radius 1 is 0.700 bits per heavy atom. The molecule has 0 saturated carbocycles. The quantitative estimate of drug-likeness (QED) is 0.0115. The summed E-state index contributed by atoms with van der Waals surface area (Å²) < 4.78 is 17.1.